The molecule has 0 aromatic rings. The van der Waals surface area contributed by atoms with E-state index in [4.69, 9.17) is 0 Å². The molecule has 1 atom stereocenters. The van der Waals surface area contributed by atoms with Gasteiger partial charge in [-0.25, -0.2) is 0 Å². The normalized spacial score (nSPS) is 19.7. The van der Waals surface area contributed by atoms with Gasteiger partial charge in [0.1, 0.15) is 0 Å². The highest BCUT2D eigenvalue weighted by molar-refractivity contribution is 9.09. The number of alkyl halides is 1. The first-order valence-corrected chi connectivity index (χ1v) is 7.20. The Labute approximate surface area is 97.4 Å². The van der Waals surface area contributed by atoms with Gasteiger partial charge in [-0.2, -0.15) is 0 Å². The van der Waals surface area contributed by atoms with Crippen molar-refractivity contribution in [1.82, 2.24) is 4.90 Å². The van der Waals surface area contributed by atoms with Gasteiger partial charge in [0.25, 0.3) is 0 Å². The number of halogens is 1. The second-order valence-electron chi connectivity index (χ2n) is 4.64. The molecule has 0 heterocycles. The Balaban J connectivity index is 2.27. The summed E-state index contributed by atoms with van der Waals surface area (Å²) in [5.74, 6) is 0.867. The average Bonchev–Trinajstić information content (AvgIpc) is 2.11. The van der Waals surface area contributed by atoms with E-state index in [1.807, 2.05) is 0 Å². The Bertz CT molecular complexity index is 145. The van der Waals surface area contributed by atoms with Crippen LogP contribution in [0.3, 0.4) is 0 Å². The van der Waals surface area contributed by atoms with Crippen LogP contribution in [0.4, 0.5) is 0 Å². The summed E-state index contributed by atoms with van der Waals surface area (Å²) < 4.78 is 0. The Morgan fingerprint density at radius 1 is 1.43 bits per heavy atom. The van der Waals surface area contributed by atoms with E-state index in [0.717, 1.165) is 17.3 Å². The average molecular weight is 262 g/mol. The third kappa shape index (κ3) is 3.90. The predicted octanol–water partition coefficient (Wildman–Crippen LogP) is 3.67. The minimum Gasteiger partial charge on any atom is -0.300 e. The molecule has 0 aliphatic heterocycles. The molecule has 14 heavy (non-hydrogen) atoms. The van der Waals surface area contributed by atoms with E-state index in [9.17, 15) is 0 Å². The Hall–Kier alpha value is 0.440. The van der Waals surface area contributed by atoms with Crippen LogP contribution in [0.2, 0.25) is 0 Å². The van der Waals surface area contributed by atoms with Crippen molar-refractivity contribution in [2.24, 2.45) is 5.92 Å². The molecule has 0 saturated heterocycles. The van der Waals surface area contributed by atoms with Crippen LogP contribution >= 0.6 is 15.9 Å². The first-order chi connectivity index (χ1) is 6.77. The maximum Gasteiger partial charge on any atom is 0.00953 e. The number of rotatable bonds is 7. The molecule has 1 saturated carbocycles. The summed E-state index contributed by atoms with van der Waals surface area (Å²) in [4.78, 5) is 2.72. The van der Waals surface area contributed by atoms with Crippen molar-refractivity contribution in [3.63, 3.8) is 0 Å². The van der Waals surface area contributed by atoms with Crippen LogP contribution in [-0.4, -0.2) is 29.4 Å². The standard InChI is InChI=1S/C12H24BrN/c1-3-11(2)10-14(9-5-8-13)12-6-4-7-12/h11-12H,3-10H2,1-2H3. The lowest BCUT2D eigenvalue weighted by Gasteiger charge is -2.39. The summed E-state index contributed by atoms with van der Waals surface area (Å²) in [7, 11) is 0. The first-order valence-electron chi connectivity index (χ1n) is 6.08. The Morgan fingerprint density at radius 2 is 2.14 bits per heavy atom. The summed E-state index contributed by atoms with van der Waals surface area (Å²) in [6, 6.07) is 0.919. The van der Waals surface area contributed by atoms with E-state index in [0.29, 0.717) is 0 Å². The van der Waals surface area contributed by atoms with Gasteiger partial charge in [0.2, 0.25) is 0 Å². The van der Waals surface area contributed by atoms with E-state index in [1.54, 1.807) is 0 Å². The molecule has 0 N–H and O–H groups in total. The molecular formula is C12H24BrN. The second-order valence-corrected chi connectivity index (χ2v) is 5.43. The van der Waals surface area contributed by atoms with Crippen molar-refractivity contribution in [3.05, 3.63) is 0 Å². The molecule has 1 aliphatic rings. The van der Waals surface area contributed by atoms with Crippen molar-refractivity contribution in [2.45, 2.75) is 52.0 Å². The molecule has 1 nitrogen and oxygen atoms in total. The van der Waals surface area contributed by atoms with Gasteiger partial charge in [0.05, 0.1) is 0 Å². The smallest absolute Gasteiger partial charge is 0.00953 e. The lowest BCUT2D eigenvalue weighted by atomic mass is 9.90. The van der Waals surface area contributed by atoms with Gasteiger partial charge in [0, 0.05) is 17.9 Å². The zero-order valence-electron chi connectivity index (χ0n) is 9.64. The third-order valence-electron chi connectivity index (χ3n) is 3.41. The lowest BCUT2D eigenvalue weighted by Crippen LogP contribution is -2.43. The molecular weight excluding hydrogens is 238 g/mol. The molecule has 2 heteroatoms. The third-order valence-corrected chi connectivity index (χ3v) is 3.97. The molecule has 1 rings (SSSR count). The highest BCUT2D eigenvalue weighted by Crippen LogP contribution is 2.26. The van der Waals surface area contributed by atoms with Gasteiger partial charge in [-0.1, -0.05) is 42.6 Å². The summed E-state index contributed by atoms with van der Waals surface area (Å²) >= 11 is 3.52. The zero-order valence-corrected chi connectivity index (χ0v) is 11.2. The van der Waals surface area contributed by atoms with Gasteiger partial charge in [-0.15, -0.1) is 0 Å². The fraction of sp³-hybridized carbons (Fsp3) is 1.00. The number of hydrogen-bond donors (Lipinski definition) is 0. The molecule has 0 aromatic heterocycles. The minimum absolute atomic E-state index is 0.867. The van der Waals surface area contributed by atoms with Gasteiger partial charge in [-0.05, 0) is 31.7 Å². The van der Waals surface area contributed by atoms with E-state index >= 15 is 0 Å². The first kappa shape index (κ1) is 12.5. The van der Waals surface area contributed by atoms with Crippen molar-refractivity contribution < 1.29 is 0 Å². The SMILES string of the molecule is CCC(C)CN(CCCBr)C1CCC1. The molecule has 0 bridgehead atoms. The predicted molar refractivity (Wildman–Crippen MR) is 67.1 cm³/mol. The summed E-state index contributed by atoms with van der Waals surface area (Å²) in [5, 5.41) is 1.15. The van der Waals surface area contributed by atoms with Crippen molar-refractivity contribution in [2.75, 3.05) is 18.4 Å². The van der Waals surface area contributed by atoms with Crippen molar-refractivity contribution in [1.29, 1.82) is 0 Å². The van der Waals surface area contributed by atoms with E-state index in [-0.39, 0.29) is 0 Å². The molecule has 0 aromatic carbocycles. The van der Waals surface area contributed by atoms with Gasteiger partial charge < -0.3 is 4.90 Å². The molecule has 84 valence electrons. The Morgan fingerprint density at radius 3 is 2.57 bits per heavy atom. The van der Waals surface area contributed by atoms with Crippen LogP contribution in [0.15, 0.2) is 0 Å². The fourth-order valence-corrected chi connectivity index (χ4v) is 2.22. The maximum atomic E-state index is 3.52. The van der Waals surface area contributed by atoms with Crippen LogP contribution in [0.1, 0.15) is 46.0 Å². The molecule has 0 radical (unpaired) electrons. The molecule has 0 amide bonds. The van der Waals surface area contributed by atoms with E-state index in [2.05, 4.69) is 34.7 Å². The van der Waals surface area contributed by atoms with Crippen LogP contribution < -0.4 is 0 Å². The van der Waals surface area contributed by atoms with Gasteiger partial charge in [-0.3, -0.25) is 0 Å². The maximum absolute atomic E-state index is 3.52. The summed E-state index contributed by atoms with van der Waals surface area (Å²) in [6.07, 6.45) is 6.96. The van der Waals surface area contributed by atoms with E-state index in [1.165, 1.54) is 45.2 Å². The second kappa shape index (κ2) is 6.84. The topological polar surface area (TPSA) is 3.24 Å². The quantitative estimate of drug-likeness (QED) is 0.633. The highest BCUT2D eigenvalue weighted by atomic mass is 79.9. The van der Waals surface area contributed by atoms with Crippen molar-refractivity contribution in [3.8, 4) is 0 Å². The minimum atomic E-state index is 0.867. The van der Waals surface area contributed by atoms with E-state index < -0.39 is 0 Å². The molecule has 0 spiro atoms. The monoisotopic (exact) mass is 261 g/mol. The van der Waals surface area contributed by atoms with Crippen LogP contribution in [-0.2, 0) is 0 Å². The van der Waals surface area contributed by atoms with Crippen LogP contribution in [0, 0.1) is 5.92 Å². The molecule has 1 aliphatic carbocycles. The summed E-state index contributed by atoms with van der Waals surface area (Å²) in [5.41, 5.74) is 0. The molecule has 1 unspecified atom stereocenters. The zero-order chi connectivity index (χ0) is 10.4. The van der Waals surface area contributed by atoms with Gasteiger partial charge >= 0.3 is 0 Å². The summed E-state index contributed by atoms with van der Waals surface area (Å²) in [6.45, 7) is 7.28. The number of nitrogens with zero attached hydrogens (tertiary/aromatic N) is 1. The van der Waals surface area contributed by atoms with Crippen LogP contribution in [0.25, 0.3) is 0 Å². The lowest BCUT2D eigenvalue weighted by molar-refractivity contribution is 0.110. The van der Waals surface area contributed by atoms with Gasteiger partial charge in [0.15, 0.2) is 0 Å². The fourth-order valence-electron chi connectivity index (χ4n) is 1.97. The highest BCUT2D eigenvalue weighted by Gasteiger charge is 2.24. The Kier molecular flexibility index (Phi) is 6.11. The number of hydrogen-bond acceptors (Lipinski definition) is 1. The van der Waals surface area contributed by atoms with Crippen molar-refractivity contribution >= 4 is 15.9 Å². The van der Waals surface area contributed by atoms with Crippen LogP contribution in [0.5, 0.6) is 0 Å². The largest absolute Gasteiger partial charge is 0.300 e. The molecule has 1 fully saturated rings.